The summed E-state index contributed by atoms with van der Waals surface area (Å²) in [7, 11) is 0. The predicted molar refractivity (Wildman–Crippen MR) is 296 cm³/mol. The van der Waals surface area contributed by atoms with E-state index in [2.05, 4.69) is 254 Å². The Labute approximate surface area is 403 Å². The summed E-state index contributed by atoms with van der Waals surface area (Å²) < 4.78 is 9.42. The first kappa shape index (κ1) is 39.4. The highest BCUT2D eigenvalue weighted by atomic mass is 32.1. The molecule has 0 aliphatic rings. The maximum Gasteiger partial charge on any atom is 0.143 e. The molecule has 69 heavy (non-hydrogen) atoms. The molecule has 0 radical (unpaired) electrons. The molecule has 0 saturated carbocycles. The summed E-state index contributed by atoms with van der Waals surface area (Å²) in [6.07, 6.45) is 0. The van der Waals surface area contributed by atoms with Crippen LogP contribution in [0.3, 0.4) is 0 Å². The largest absolute Gasteiger partial charge is 0.455 e. The van der Waals surface area contributed by atoms with Gasteiger partial charge in [-0.3, -0.25) is 0 Å². The lowest BCUT2D eigenvalue weighted by molar-refractivity contribution is 0.674. The van der Waals surface area contributed by atoms with Gasteiger partial charge in [0.05, 0.1) is 0 Å². The zero-order valence-corrected chi connectivity index (χ0v) is 38.3. The molecule has 0 bridgehead atoms. The third-order valence-corrected chi connectivity index (χ3v) is 15.3. The van der Waals surface area contributed by atoms with Crippen molar-refractivity contribution >= 4 is 103 Å². The molecule has 0 unspecified atom stereocenters. The molecule has 3 heteroatoms. The first-order valence-corrected chi connectivity index (χ1v) is 24.4. The van der Waals surface area contributed by atoms with E-state index in [0.717, 1.165) is 55.5 Å². The van der Waals surface area contributed by atoms with Gasteiger partial charge in [0, 0.05) is 59.0 Å². The van der Waals surface area contributed by atoms with E-state index in [-0.39, 0.29) is 0 Å². The summed E-state index contributed by atoms with van der Waals surface area (Å²) in [6.45, 7) is 0. The minimum absolute atomic E-state index is 0.908. The fourth-order valence-electron chi connectivity index (χ4n) is 10.7. The highest BCUT2D eigenvalue weighted by Crippen LogP contribution is 2.47. The minimum Gasteiger partial charge on any atom is -0.455 e. The van der Waals surface area contributed by atoms with Crippen molar-refractivity contribution in [2.75, 3.05) is 4.90 Å². The van der Waals surface area contributed by atoms with E-state index in [0.29, 0.717) is 0 Å². The molecule has 0 saturated heterocycles. The molecule has 14 rings (SSSR count). The molecule has 2 aromatic heterocycles. The zero-order valence-electron chi connectivity index (χ0n) is 37.4. The lowest BCUT2D eigenvalue weighted by Crippen LogP contribution is -2.09. The number of benzene rings is 12. The van der Waals surface area contributed by atoms with E-state index < -0.39 is 0 Å². The van der Waals surface area contributed by atoms with Crippen LogP contribution in [0.15, 0.2) is 253 Å². The standard InChI is InChI=1S/C66H41NOS/c1-2-11-42(12-3-1)43-21-23-44(24-22-43)45-25-33-51(34-26-45)67(52-35-27-48(28-36-52)56-19-10-20-58-59-39-31-46-13-4-8-17-55(46)65(59)68-64(56)58)53-37-29-49(30-38-53)62-54-16-7-6-15-50(54)41-61-63(62)60-40-32-47-14-5-9-18-57(47)66(60)69-61/h1-41H. The number of nitrogens with zero attached hydrogens (tertiary/aromatic N) is 1. The van der Waals surface area contributed by atoms with E-state index in [1.165, 1.54) is 80.5 Å². The summed E-state index contributed by atoms with van der Waals surface area (Å²) in [5.41, 5.74) is 14.5. The lowest BCUT2D eigenvalue weighted by Gasteiger charge is -2.26. The summed E-state index contributed by atoms with van der Waals surface area (Å²) in [5.74, 6) is 0. The van der Waals surface area contributed by atoms with Crippen LogP contribution in [-0.2, 0) is 0 Å². The van der Waals surface area contributed by atoms with E-state index in [1.54, 1.807) is 0 Å². The monoisotopic (exact) mass is 895 g/mol. The molecule has 12 aromatic carbocycles. The maximum atomic E-state index is 6.77. The molecule has 0 spiro atoms. The van der Waals surface area contributed by atoms with Gasteiger partial charge in [-0.05, 0) is 114 Å². The molecule has 0 atom stereocenters. The molecule has 0 fully saturated rings. The van der Waals surface area contributed by atoms with E-state index in [9.17, 15) is 0 Å². The molecular formula is C66H41NOS. The van der Waals surface area contributed by atoms with Gasteiger partial charge in [-0.1, -0.05) is 200 Å². The fourth-order valence-corrected chi connectivity index (χ4v) is 12.0. The molecule has 14 aromatic rings. The normalized spacial score (nSPS) is 11.8. The molecular weight excluding hydrogens is 855 g/mol. The van der Waals surface area contributed by atoms with Crippen LogP contribution in [-0.4, -0.2) is 0 Å². The number of furan rings is 1. The molecule has 322 valence electrons. The first-order valence-electron chi connectivity index (χ1n) is 23.6. The van der Waals surface area contributed by atoms with Gasteiger partial charge in [0.25, 0.3) is 0 Å². The highest BCUT2D eigenvalue weighted by Gasteiger charge is 2.20. The quantitative estimate of drug-likeness (QED) is 0.158. The molecule has 2 nitrogen and oxygen atoms in total. The van der Waals surface area contributed by atoms with Crippen molar-refractivity contribution in [3.63, 3.8) is 0 Å². The van der Waals surface area contributed by atoms with Crippen molar-refractivity contribution in [2.24, 2.45) is 0 Å². The Kier molecular flexibility index (Phi) is 9.11. The summed E-state index contributed by atoms with van der Waals surface area (Å²) in [6, 6.07) is 90.5. The van der Waals surface area contributed by atoms with E-state index >= 15 is 0 Å². The smallest absolute Gasteiger partial charge is 0.143 e. The second kappa shape index (κ2) is 16.0. The SMILES string of the molecule is c1ccc(-c2ccc(-c3ccc(N(c4ccc(-c5cccc6c5oc5c7ccccc7ccc65)cc4)c4ccc(-c5c6ccccc6cc6sc7c8ccccc8ccc7c56)cc4)cc3)cc2)cc1. The average Bonchev–Trinajstić information content (AvgIpc) is 4.00. The van der Waals surface area contributed by atoms with Crippen molar-refractivity contribution in [3.05, 3.63) is 249 Å². The van der Waals surface area contributed by atoms with Crippen molar-refractivity contribution < 1.29 is 4.42 Å². The molecule has 2 heterocycles. The van der Waals surface area contributed by atoms with Crippen molar-refractivity contribution in [1.29, 1.82) is 0 Å². The number of rotatable bonds is 7. The number of hydrogen-bond donors (Lipinski definition) is 0. The van der Waals surface area contributed by atoms with E-state index in [4.69, 9.17) is 4.42 Å². The Morgan fingerprint density at radius 1 is 0.304 bits per heavy atom. The van der Waals surface area contributed by atoms with Gasteiger partial charge in [-0.15, -0.1) is 11.3 Å². The zero-order chi connectivity index (χ0) is 45.4. The number of anilines is 3. The molecule has 0 amide bonds. The third kappa shape index (κ3) is 6.54. The van der Waals surface area contributed by atoms with Gasteiger partial charge in [0.1, 0.15) is 11.2 Å². The number of fused-ring (bicyclic) bond motifs is 11. The van der Waals surface area contributed by atoms with Crippen LogP contribution in [0.25, 0.3) is 119 Å². The van der Waals surface area contributed by atoms with E-state index in [1.807, 2.05) is 11.3 Å². The molecule has 0 N–H and O–H groups in total. The van der Waals surface area contributed by atoms with Gasteiger partial charge >= 0.3 is 0 Å². The van der Waals surface area contributed by atoms with Gasteiger partial charge < -0.3 is 9.32 Å². The Bertz CT molecular complexity index is 4260. The summed E-state index contributed by atoms with van der Waals surface area (Å²) >= 11 is 1.90. The average molecular weight is 896 g/mol. The van der Waals surface area contributed by atoms with Gasteiger partial charge in [0.2, 0.25) is 0 Å². The van der Waals surface area contributed by atoms with Crippen LogP contribution in [0.4, 0.5) is 17.1 Å². The van der Waals surface area contributed by atoms with Crippen LogP contribution in [0.1, 0.15) is 0 Å². The van der Waals surface area contributed by atoms with Crippen molar-refractivity contribution in [1.82, 2.24) is 0 Å². The van der Waals surface area contributed by atoms with Crippen LogP contribution in [0, 0.1) is 0 Å². The second-order valence-electron chi connectivity index (χ2n) is 18.0. The molecule has 0 aliphatic carbocycles. The Morgan fingerprint density at radius 3 is 1.45 bits per heavy atom. The highest BCUT2D eigenvalue weighted by molar-refractivity contribution is 7.26. The predicted octanol–water partition coefficient (Wildman–Crippen LogP) is 19.6. The van der Waals surface area contributed by atoms with Crippen LogP contribution < -0.4 is 4.90 Å². The van der Waals surface area contributed by atoms with Crippen LogP contribution >= 0.6 is 11.3 Å². The minimum atomic E-state index is 0.908. The van der Waals surface area contributed by atoms with Crippen molar-refractivity contribution in [3.8, 4) is 44.5 Å². The topological polar surface area (TPSA) is 16.4 Å². The first-order chi connectivity index (χ1) is 34.2. The number of para-hydroxylation sites is 1. The second-order valence-corrected chi connectivity index (χ2v) is 19.0. The summed E-state index contributed by atoms with van der Waals surface area (Å²) in [4.78, 5) is 2.37. The maximum absolute atomic E-state index is 6.77. The van der Waals surface area contributed by atoms with Gasteiger partial charge in [-0.2, -0.15) is 0 Å². The molecule has 0 aliphatic heterocycles. The third-order valence-electron chi connectivity index (χ3n) is 14.1. The number of thiophene rings is 1. The van der Waals surface area contributed by atoms with Crippen LogP contribution in [0.2, 0.25) is 0 Å². The lowest BCUT2D eigenvalue weighted by atomic mass is 9.92. The van der Waals surface area contributed by atoms with Gasteiger partial charge in [-0.25, -0.2) is 0 Å². The van der Waals surface area contributed by atoms with Crippen LogP contribution in [0.5, 0.6) is 0 Å². The number of hydrogen-bond acceptors (Lipinski definition) is 3. The Hall–Kier alpha value is -8.76. The Morgan fingerprint density at radius 2 is 0.783 bits per heavy atom. The van der Waals surface area contributed by atoms with Gasteiger partial charge in [0.15, 0.2) is 0 Å². The summed E-state index contributed by atoms with van der Waals surface area (Å²) in [5, 5.41) is 12.3. The van der Waals surface area contributed by atoms with Crippen molar-refractivity contribution in [2.45, 2.75) is 0 Å². The fraction of sp³-hybridized carbons (Fsp3) is 0. The Balaban J connectivity index is 0.883.